The number of alkyl carbamates (subject to hydrolysis) is 1. The molecule has 14 heteroatoms. The zero-order valence-electron chi connectivity index (χ0n) is 35.5. The molecule has 1 saturated carbocycles. The maximum atomic E-state index is 13.5. The van der Waals surface area contributed by atoms with Crippen molar-refractivity contribution in [1.82, 2.24) is 20.0 Å². The van der Waals surface area contributed by atoms with Gasteiger partial charge in [-0.1, -0.05) is 63.8 Å². The van der Waals surface area contributed by atoms with Crippen molar-refractivity contribution in [2.45, 2.75) is 154 Å². The molecule has 7 atom stereocenters. The van der Waals surface area contributed by atoms with Crippen molar-refractivity contribution in [3.05, 3.63) is 36.0 Å². The first-order valence-corrected chi connectivity index (χ1v) is 21.1. The lowest BCUT2D eigenvalue weighted by Gasteiger charge is -2.40. The molecule has 4 rings (SSSR count). The molecular formula is C43H70N4O10. The summed E-state index contributed by atoms with van der Waals surface area (Å²) >= 11 is 0. The minimum Gasteiger partial charge on any atom is -0.457 e. The highest BCUT2D eigenvalue weighted by Crippen LogP contribution is 2.28. The standard InChI is InChI=1S/C43H70N4O10/c1-30(29-54-40(51)47-22-20-33(28-47)44-39(50)57-42(4,5)6)13-12-14-31(2)38-32(3)17-18-36(43(7,53)21-19-35(48)27-37(49)56-38)55-41(52)46-25-23-45(24-26-46)34-15-10-8-9-11-16-34/h12-14,17-18,30,32-36,38,48,53H,8-11,15-16,19-29H2,1-7H3,(H,44,50)/b13-12+,18-17+,31-14+/t30-,32+,33+,35+,36+,38-,43+/m1/s1. The highest BCUT2D eigenvalue weighted by molar-refractivity contribution is 5.71. The number of esters is 1. The predicted molar refractivity (Wildman–Crippen MR) is 216 cm³/mol. The van der Waals surface area contributed by atoms with E-state index < -0.39 is 53.8 Å². The number of ether oxygens (including phenoxy) is 4. The van der Waals surface area contributed by atoms with Crippen LogP contribution in [0, 0.1) is 11.8 Å². The van der Waals surface area contributed by atoms with Crippen LogP contribution in [0.5, 0.6) is 0 Å². The summed E-state index contributed by atoms with van der Waals surface area (Å²) < 4.78 is 22.8. The summed E-state index contributed by atoms with van der Waals surface area (Å²) in [5, 5.41) is 25.1. The van der Waals surface area contributed by atoms with E-state index in [0.717, 1.165) is 18.7 Å². The van der Waals surface area contributed by atoms with Gasteiger partial charge in [0.1, 0.15) is 17.3 Å². The van der Waals surface area contributed by atoms with Gasteiger partial charge in [-0.25, -0.2) is 14.4 Å². The fourth-order valence-corrected chi connectivity index (χ4v) is 7.89. The van der Waals surface area contributed by atoms with Crippen LogP contribution in [-0.4, -0.2) is 137 Å². The number of amides is 3. The zero-order valence-corrected chi connectivity index (χ0v) is 35.5. The van der Waals surface area contributed by atoms with Crippen LogP contribution in [0.4, 0.5) is 14.4 Å². The molecular weight excluding hydrogens is 732 g/mol. The Morgan fingerprint density at radius 3 is 2.35 bits per heavy atom. The van der Waals surface area contributed by atoms with Crippen LogP contribution in [0.15, 0.2) is 36.0 Å². The van der Waals surface area contributed by atoms with Crippen molar-refractivity contribution in [3.8, 4) is 0 Å². The van der Waals surface area contributed by atoms with E-state index in [9.17, 15) is 29.4 Å². The van der Waals surface area contributed by atoms with Gasteiger partial charge in [-0.2, -0.15) is 0 Å². The number of hydrogen-bond donors (Lipinski definition) is 3. The SMILES string of the molecule is C/C(=C\C=C\[C@@H](C)COC(=O)N1CC[C@H](NC(=O)OC(C)(C)C)C1)[C@H]1OC(=O)C[C@@H](O)CC[C@](C)(O)[C@@H](OC(=O)N2CCN(C3CCCCCC3)CC2)/C=C/[C@@H]1C. The first kappa shape index (κ1) is 46.1. The molecule has 0 aromatic rings. The van der Waals surface area contributed by atoms with E-state index in [1.807, 2.05) is 45.1 Å². The van der Waals surface area contributed by atoms with Gasteiger partial charge in [-0.05, 0) is 78.4 Å². The van der Waals surface area contributed by atoms with E-state index >= 15 is 0 Å². The monoisotopic (exact) mass is 803 g/mol. The highest BCUT2D eigenvalue weighted by Gasteiger charge is 2.37. The first-order valence-electron chi connectivity index (χ1n) is 21.1. The summed E-state index contributed by atoms with van der Waals surface area (Å²) in [5.74, 6) is -1.05. The number of allylic oxidation sites excluding steroid dienone is 2. The largest absolute Gasteiger partial charge is 0.457 e. The molecule has 3 aliphatic heterocycles. The first-order chi connectivity index (χ1) is 26.9. The van der Waals surface area contributed by atoms with Gasteiger partial charge in [0.25, 0.3) is 0 Å². The van der Waals surface area contributed by atoms with Crippen molar-refractivity contribution in [3.63, 3.8) is 0 Å². The molecule has 2 saturated heterocycles. The number of nitrogens with one attached hydrogen (secondary N) is 1. The lowest BCUT2D eigenvalue weighted by atomic mass is 9.89. The number of cyclic esters (lactones) is 1. The summed E-state index contributed by atoms with van der Waals surface area (Å²) in [7, 11) is 0. The molecule has 14 nitrogen and oxygen atoms in total. The van der Waals surface area contributed by atoms with E-state index in [4.69, 9.17) is 18.9 Å². The summed E-state index contributed by atoms with van der Waals surface area (Å²) in [4.78, 5) is 57.1. The van der Waals surface area contributed by atoms with E-state index in [1.165, 1.54) is 38.5 Å². The highest BCUT2D eigenvalue weighted by atomic mass is 16.6. The molecule has 3 N–H and O–H groups in total. The van der Waals surface area contributed by atoms with Gasteiger partial charge in [-0.15, -0.1) is 0 Å². The molecule has 3 fully saturated rings. The van der Waals surface area contributed by atoms with Crippen LogP contribution in [-0.2, 0) is 23.7 Å². The summed E-state index contributed by atoms with van der Waals surface area (Å²) in [6.45, 7) is 16.3. The fourth-order valence-electron chi connectivity index (χ4n) is 7.89. The lowest BCUT2D eigenvalue weighted by molar-refractivity contribution is -0.151. The second-order valence-corrected chi connectivity index (χ2v) is 17.8. The van der Waals surface area contributed by atoms with Gasteiger partial charge < -0.3 is 44.3 Å². The second-order valence-electron chi connectivity index (χ2n) is 17.8. The molecule has 0 unspecified atom stereocenters. The molecule has 1 aliphatic carbocycles. The van der Waals surface area contributed by atoms with Crippen molar-refractivity contribution < 1.29 is 48.3 Å². The molecule has 322 valence electrons. The number of carbonyl (C=O) groups excluding carboxylic acids is 4. The Labute approximate surface area is 339 Å². The number of rotatable bonds is 8. The molecule has 3 amide bonds. The third-order valence-corrected chi connectivity index (χ3v) is 11.4. The number of nitrogens with zero attached hydrogens (tertiary/aromatic N) is 3. The maximum Gasteiger partial charge on any atom is 0.410 e. The minimum atomic E-state index is -1.49. The normalized spacial score (nSPS) is 30.4. The number of piperazine rings is 1. The molecule has 0 spiro atoms. The Hall–Kier alpha value is -3.62. The van der Waals surface area contributed by atoms with Crippen molar-refractivity contribution >= 4 is 24.2 Å². The van der Waals surface area contributed by atoms with Crippen LogP contribution >= 0.6 is 0 Å². The van der Waals surface area contributed by atoms with E-state index in [2.05, 4.69) is 10.2 Å². The van der Waals surface area contributed by atoms with Crippen LogP contribution in [0.3, 0.4) is 0 Å². The third kappa shape index (κ3) is 15.2. The quantitative estimate of drug-likeness (QED) is 0.0853. The third-order valence-electron chi connectivity index (χ3n) is 11.4. The average molecular weight is 803 g/mol. The Morgan fingerprint density at radius 2 is 1.68 bits per heavy atom. The molecule has 57 heavy (non-hydrogen) atoms. The number of aliphatic hydroxyl groups excluding tert-OH is 1. The molecule has 0 aromatic heterocycles. The van der Waals surface area contributed by atoms with Gasteiger partial charge in [0.05, 0.1) is 25.2 Å². The number of likely N-dealkylation sites (tertiary alicyclic amines) is 1. The molecule has 0 bridgehead atoms. The van der Waals surface area contributed by atoms with Crippen LogP contribution < -0.4 is 5.32 Å². The Bertz CT molecular complexity index is 1420. The Balaban J connectivity index is 1.33. The average Bonchev–Trinajstić information content (AvgIpc) is 3.43. The topological polar surface area (TPSA) is 167 Å². The van der Waals surface area contributed by atoms with E-state index in [-0.39, 0.29) is 43.7 Å². The molecule has 0 aromatic carbocycles. The van der Waals surface area contributed by atoms with Crippen LogP contribution in [0.2, 0.25) is 0 Å². The zero-order chi connectivity index (χ0) is 41.8. The maximum absolute atomic E-state index is 13.5. The molecule has 0 radical (unpaired) electrons. The van der Waals surface area contributed by atoms with Crippen LogP contribution in [0.25, 0.3) is 0 Å². The fraction of sp³-hybridized carbons (Fsp3) is 0.767. The van der Waals surface area contributed by atoms with Crippen molar-refractivity contribution in [2.75, 3.05) is 45.9 Å². The van der Waals surface area contributed by atoms with Gasteiger partial charge in [0, 0.05) is 57.1 Å². The van der Waals surface area contributed by atoms with Gasteiger partial charge in [0.15, 0.2) is 6.10 Å². The van der Waals surface area contributed by atoms with E-state index in [1.54, 1.807) is 43.6 Å². The number of aliphatic hydroxyl groups is 2. The van der Waals surface area contributed by atoms with Gasteiger partial charge in [-0.3, -0.25) is 9.69 Å². The number of carbonyl (C=O) groups is 4. The van der Waals surface area contributed by atoms with Crippen molar-refractivity contribution in [2.24, 2.45) is 11.8 Å². The van der Waals surface area contributed by atoms with E-state index in [0.29, 0.717) is 38.6 Å². The summed E-state index contributed by atoms with van der Waals surface area (Å²) in [5.41, 5.74) is -1.36. The smallest absolute Gasteiger partial charge is 0.410 e. The van der Waals surface area contributed by atoms with Gasteiger partial charge in [0.2, 0.25) is 0 Å². The van der Waals surface area contributed by atoms with Crippen molar-refractivity contribution in [1.29, 1.82) is 0 Å². The lowest BCUT2D eigenvalue weighted by Crippen LogP contribution is -2.53. The van der Waals surface area contributed by atoms with Gasteiger partial charge >= 0.3 is 24.2 Å². The minimum absolute atomic E-state index is 0.109. The summed E-state index contributed by atoms with van der Waals surface area (Å²) in [6.07, 6.45) is 13.0. The second kappa shape index (κ2) is 21.4. The van der Waals surface area contributed by atoms with Crippen LogP contribution in [0.1, 0.15) is 113 Å². The Morgan fingerprint density at radius 1 is 1.00 bits per heavy atom. The predicted octanol–water partition coefficient (Wildman–Crippen LogP) is 6.11. The number of hydrogen-bond acceptors (Lipinski definition) is 11. The summed E-state index contributed by atoms with van der Waals surface area (Å²) in [6, 6.07) is 0.364. The molecule has 3 heterocycles. The molecule has 4 aliphatic rings. The Kier molecular flexibility index (Phi) is 17.3.